The van der Waals surface area contributed by atoms with Gasteiger partial charge in [-0.2, -0.15) is 0 Å². The third-order valence-electron chi connectivity index (χ3n) is 3.10. The molecular formula is C15H6ClF3O2S. The Hall–Kier alpha value is -2.05. The Morgan fingerprint density at radius 1 is 1.05 bits per heavy atom. The summed E-state index contributed by atoms with van der Waals surface area (Å²) in [4.78, 5) is 11.1. The van der Waals surface area contributed by atoms with Crippen LogP contribution in [0.15, 0.2) is 30.3 Å². The van der Waals surface area contributed by atoms with Gasteiger partial charge >= 0.3 is 5.97 Å². The van der Waals surface area contributed by atoms with Gasteiger partial charge in [0.15, 0.2) is 0 Å². The molecular weight excluding hydrogens is 337 g/mol. The maximum absolute atomic E-state index is 14.1. The van der Waals surface area contributed by atoms with Crippen LogP contribution in [0.4, 0.5) is 13.2 Å². The first-order chi connectivity index (χ1) is 10.4. The number of hydrogen-bond donors (Lipinski definition) is 1. The van der Waals surface area contributed by atoms with Gasteiger partial charge in [0.2, 0.25) is 0 Å². The molecule has 3 aromatic rings. The first-order valence-corrected chi connectivity index (χ1v) is 7.18. The van der Waals surface area contributed by atoms with Crippen molar-refractivity contribution < 1.29 is 23.1 Å². The highest BCUT2D eigenvalue weighted by Crippen LogP contribution is 2.41. The average molecular weight is 343 g/mol. The number of aromatic carboxylic acids is 1. The lowest BCUT2D eigenvalue weighted by molar-refractivity contribution is 0.0703. The molecule has 7 heteroatoms. The maximum atomic E-state index is 14.1. The molecule has 0 bridgehead atoms. The van der Waals surface area contributed by atoms with Crippen molar-refractivity contribution in [2.75, 3.05) is 0 Å². The number of benzene rings is 2. The van der Waals surface area contributed by atoms with Crippen molar-refractivity contribution in [3.8, 4) is 11.1 Å². The maximum Gasteiger partial charge on any atom is 0.346 e. The van der Waals surface area contributed by atoms with Crippen LogP contribution >= 0.6 is 22.9 Å². The summed E-state index contributed by atoms with van der Waals surface area (Å²) in [5.74, 6) is -3.85. The molecule has 1 heterocycles. The summed E-state index contributed by atoms with van der Waals surface area (Å²) in [5.41, 5.74) is -0.598. The highest BCUT2D eigenvalue weighted by molar-refractivity contribution is 7.21. The van der Waals surface area contributed by atoms with Gasteiger partial charge in [-0.1, -0.05) is 11.6 Å². The molecule has 0 spiro atoms. The van der Waals surface area contributed by atoms with Gasteiger partial charge in [-0.25, -0.2) is 18.0 Å². The lowest BCUT2D eigenvalue weighted by Crippen LogP contribution is -1.98. The molecule has 2 nitrogen and oxygen atoms in total. The van der Waals surface area contributed by atoms with E-state index in [2.05, 4.69) is 0 Å². The van der Waals surface area contributed by atoms with Gasteiger partial charge in [-0.3, -0.25) is 0 Å². The van der Waals surface area contributed by atoms with Crippen LogP contribution in [-0.2, 0) is 0 Å². The van der Waals surface area contributed by atoms with Crippen molar-refractivity contribution in [3.05, 3.63) is 57.7 Å². The second-order valence-electron chi connectivity index (χ2n) is 4.50. The standard InChI is InChI=1S/C15H6ClF3O2S/c16-6-3-9(18)13(10(19)4-6)12-8-2-1-7(17)5-11(8)22-14(12)15(20)21/h1-5H,(H,20,21). The molecule has 0 radical (unpaired) electrons. The van der Waals surface area contributed by atoms with E-state index in [1.807, 2.05) is 0 Å². The third kappa shape index (κ3) is 2.34. The van der Waals surface area contributed by atoms with Gasteiger partial charge in [0.1, 0.15) is 22.3 Å². The van der Waals surface area contributed by atoms with E-state index < -0.39 is 29.0 Å². The predicted octanol–water partition coefficient (Wildman–Crippen LogP) is 5.34. The van der Waals surface area contributed by atoms with E-state index in [4.69, 9.17) is 11.6 Å². The SMILES string of the molecule is O=C(O)c1sc2cc(F)ccc2c1-c1c(F)cc(Cl)cc1F. The molecule has 3 rings (SSSR count). The molecule has 0 aliphatic heterocycles. The summed E-state index contributed by atoms with van der Waals surface area (Å²) in [6.45, 7) is 0. The van der Waals surface area contributed by atoms with Gasteiger partial charge in [0.05, 0.1) is 5.56 Å². The zero-order valence-corrected chi connectivity index (χ0v) is 12.2. The predicted molar refractivity (Wildman–Crippen MR) is 79.1 cm³/mol. The normalized spacial score (nSPS) is 11.1. The van der Waals surface area contributed by atoms with Gasteiger partial charge < -0.3 is 5.11 Å². The van der Waals surface area contributed by atoms with Crippen molar-refractivity contribution in [3.63, 3.8) is 0 Å². The summed E-state index contributed by atoms with van der Waals surface area (Å²) in [7, 11) is 0. The Labute approximate surface area is 131 Å². The zero-order chi connectivity index (χ0) is 16.0. The molecule has 0 saturated heterocycles. The highest BCUT2D eigenvalue weighted by atomic mass is 35.5. The molecule has 0 aliphatic carbocycles. The van der Waals surface area contributed by atoms with Crippen molar-refractivity contribution in [2.24, 2.45) is 0 Å². The number of rotatable bonds is 2. The Morgan fingerprint density at radius 3 is 2.27 bits per heavy atom. The number of carboxylic acids is 1. The van der Waals surface area contributed by atoms with E-state index in [1.165, 1.54) is 6.07 Å². The molecule has 112 valence electrons. The monoisotopic (exact) mass is 342 g/mol. The van der Waals surface area contributed by atoms with Crippen LogP contribution in [0.25, 0.3) is 21.2 Å². The highest BCUT2D eigenvalue weighted by Gasteiger charge is 2.24. The second-order valence-corrected chi connectivity index (χ2v) is 5.98. The number of carboxylic acid groups (broad SMARTS) is 1. The lowest BCUT2D eigenvalue weighted by Gasteiger charge is -2.07. The summed E-state index contributed by atoms with van der Waals surface area (Å²) < 4.78 is 41.9. The summed E-state index contributed by atoms with van der Waals surface area (Å²) in [5, 5.41) is 9.41. The molecule has 0 aliphatic rings. The first-order valence-electron chi connectivity index (χ1n) is 5.98. The minimum Gasteiger partial charge on any atom is -0.477 e. The topological polar surface area (TPSA) is 37.3 Å². The van der Waals surface area contributed by atoms with Crippen LogP contribution in [-0.4, -0.2) is 11.1 Å². The van der Waals surface area contributed by atoms with Crippen molar-refractivity contribution in [1.82, 2.24) is 0 Å². The van der Waals surface area contributed by atoms with E-state index in [0.717, 1.165) is 35.6 Å². The third-order valence-corrected chi connectivity index (χ3v) is 4.46. The molecule has 0 amide bonds. The number of fused-ring (bicyclic) bond motifs is 1. The summed E-state index contributed by atoms with van der Waals surface area (Å²) >= 11 is 6.34. The van der Waals surface area contributed by atoms with Gasteiger partial charge in [-0.15, -0.1) is 11.3 Å². The molecule has 0 unspecified atom stereocenters. The Kier molecular flexibility index (Phi) is 3.58. The molecule has 22 heavy (non-hydrogen) atoms. The fourth-order valence-electron chi connectivity index (χ4n) is 2.25. The molecule has 2 aromatic carbocycles. The van der Waals surface area contributed by atoms with Crippen molar-refractivity contribution >= 4 is 39.0 Å². The first kappa shape index (κ1) is 14.9. The van der Waals surface area contributed by atoms with Crippen LogP contribution in [0.3, 0.4) is 0 Å². The number of halogens is 4. The van der Waals surface area contributed by atoms with Gasteiger partial charge in [-0.05, 0) is 30.3 Å². The smallest absolute Gasteiger partial charge is 0.346 e. The second kappa shape index (κ2) is 5.30. The van der Waals surface area contributed by atoms with Gasteiger partial charge in [0, 0.05) is 20.7 Å². The van der Waals surface area contributed by atoms with Crippen LogP contribution in [0.2, 0.25) is 5.02 Å². The van der Waals surface area contributed by atoms with E-state index in [-0.39, 0.29) is 20.8 Å². The minimum absolute atomic E-state index is 0.112. The van der Waals surface area contributed by atoms with Crippen LogP contribution < -0.4 is 0 Å². The Bertz CT molecular complexity index is 898. The number of carbonyl (C=O) groups is 1. The quantitative estimate of drug-likeness (QED) is 0.682. The van der Waals surface area contributed by atoms with Crippen LogP contribution in [0, 0.1) is 17.5 Å². The molecule has 1 aromatic heterocycles. The number of hydrogen-bond acceptors (Lipinski definition) is 2. The fraction of sp³-hybridized carbons (Fsp3) is 0. The fourth-order valence-corrected chi connectivity index (χ4v) is 3.51. The number of thiophene rings is 1. The minimum atomic E-state index is -1.34. The average Bonchev–Trinajstić information content (AvgIpc) is 2.76. The van der Waals surface area contributed by atoms with Crippen LogP contribution in [0.5, 0.6) is 0 Å². The van der Waals surface area contributed by atoms with E-state index in [0.29, 0.717) is 4.70 Å². The van der Waals surface area contributed by atoms with Gasteiger partial charge in [0.25, 0.3) is 0 Å². The van der Waals surface area contributed by atoms with Crippen LogP contribution in [0.1, 0.15) is 9.67 Å². The van der Waals surface area contributed by atoms with Crippen molar-refractivity contribution in [2.45, 2.75) is 0 Å². The van der Waals surface area contributed by atoms with E-state index >= 15 is 0 Å². The summed E-state index contributed by atoms with van der Waals surface area (Å²) in [6, 6.07) is 5.34. The van der Waals surface area contributed by atoms with Crippen molar-refractivity contribution in [1.29, 1.82) is 0 Å². The molecule has 0 saturated carbocycles. The zero-order valence-electron chi connectivity index (χ0n) is 10.7. The van der Waals surface area contributed by atoms with E-state index in [9.17, 15) is 23.1 Å². The molecule has 0 fully saturated rings. The molecule has 1 N–H and O–H groups in total. The largest absolute Gasteiger partial charge is 0.477 e. The lowest BCUT2D eigenvalue weighted by atomic mass is 10.0. The Morgan fingerprint density at radius 2 is 1.68 bits per heavy atom. The summed E-state index contributed by atoms with van der Waals surface area (Å²) in [6.07, 6.45) is 0. The molecule has 0 atom stereocenters. The van der Waals surface area contributed by atoms with E-state index in [1.54, 1.807) is 0 Å². The Balaban J connectivity index is 2.44.